The minimum atomic E-state index is -0.144. The summed E-state index contributed by atoms with van der Waals surface area (Å²) in [4.78, 5) is 16.2. The maximum atomic E-state index is 12.2. The zero-order valence-corrected chi connectivity index (χ0v) is 10.9. The summed E-state index contributed by atoms with van der Waals surface area (Å²) in [6, 6.07) is 10.1. The molecule has 1 aromatic carbocycles. The van der Waals surface area contributed by atoms with E-state index in [1.165, 1.54) is 5.56 Å². The van der Waals surface area contributed by atoms with Gasteiger partial charge in [0.05, 0.1) is 0 Å². The average Bonchev–Trinajstić information content (AvgIpc) is 2.40. The summed E-state index contributed by atoms with van der Waals surface area (Å²) in [5.41, 5.74) is 6.94. The van der Waals surface area contributed by atoms with Gasteiger partial charge in [0.25, 0.3) is 0 Å². The highest BCUT2D eigenvalue weighted by Crippen LogP contribution is 2.10. The second kappa shape index (κ2) is 5.98. The maximum absolute atomic E-state index is 12.2. The van der Waals surface area contributed by atoms with Gasteiger partial charge in [-0.05, 0) is 19.0 Å². The van der Waals surface area contributed by atoms with Gasteiger partial charge in [-0.3, -0.25) is 9.69 Å². The second-order valence-electron chi connectivity index (χ2n) is 4.79. The predicted molar refractivity (Wildman–Crippen MR) is 72.2 cm³/mol. The Kier molecular flexibility index (Phi) is 4.33. The largest absolute Gasteiger partial charge is 0.340 e. The molecule has 1 fully saturated rings. The van der Waals surface area contributed by atoms with Crippen LogP contribution in [0.5, 0.6) is 0 Å². The molecule has 0 bridgehead atoms. The molecule has 98 valence electrons. The van der Waals surface area contributed by atoms with Crippen molar-refractivity contribution in [2.75, 3.05) is 33.2 Å². The van der Waals surface area contributed by atoms with E-state index in [9.17, 15) is 4.79 Å². The summed E-state index contributed by atoms with van der Waals surface area (Å²) < 4.78 is 0. The SMILES string of the molecule is CN1CCN(CCc2ccccc2)C(=O)C1CN. The lowest BCUT2D eigenvalue weighted by Crippen LogP contribution is -2.58. The van der Waals surface area contributed by atoms with Gasteiger partial charge >= 0.3 is 0 Å². The lowest BCUT2D eigenvalue weighted by Gasteiger charge is -2.38. The molecule has 18 heavy (non-hydrogen) atoms. The third-order valence-corrected chi connectivity index (χ3v) is 3.59. The van der Waals surface area contributed by atoms with Crippen LogP contribution < -0.4 is 5.73 Å². The lowest BCUT2D eigenvalue weighted by atomic mass is 10.1. The molecule has 0 spiro atoms. The summed E-state index contributed by atoms with van der Waals surface area (Å²) in [5, 5.41) is 0. The highest BCUT2D eigenvalue weighted by molar-refractivity contribution is 5.82. The molecular weight excluding hydrogens is 226 g/mol. The Labute approximate surface area is 108 Å². The summed E-state index contributed by atoms with van der Waals surface area (Å²) >= 11 is 0. The van der Waals surface area contributed by atoms with E-state index >= 15 is 0 Å². The fraction of sp³-hybridized carbons (Fsp3) is 0.500. The zero-order chi connectivity index (χ0) is 13.0. The first-order valence-electron chi connectivity index (χ1n) is 6.45. The highest BCUT2D eigenvalue weighted by Gasteiger charge is 2.30. The molecule has 0 radical (unpaired) electrons. The Hall–Kier alpha value is -1.39. The van der Waals surface area contributed by atoms with E-state index in [2.05, 4.69) is 12.1 Å². The highest BCUT2D eigenvalue weighted by atomic mass is 16.2. The maximum Gasteiger partial charge on any atom is 0.241 e. The topological polar surface area (TPSA) is 49.6 Å². The van der Waals surface area contributed by atoms with E-state index in [4.69, 9.17) is 5.73 Å². The Morgan fingerprint density at radius 2 is 2.00 bits per heavy atom. The van der Waals surface area contributed by atoms with Crippen molar-refractivity contribution in [1.82, 2.24) is 9.80 Å². The van der Waals surface area contributed by atoms with Crippen LogP contribution in [0.1, 0.15) is 5.56 Å². The van der Waals surface area contributed by atoms with Crippen LogP contribution in [0.25, 0.3) is 0 Å². The number of carbonyl (C=O) groups excluding carboxylic acids is 1. The van der Waals surface area contributed by atoms with Gasteiger partial charge in [0, 0.05) is 26.2 Å². The Morgan fingerprint density at radius 1 is 1.28 bits per heavy atom. The zero-order valence-electron chi connectivity index (χ0n) is 10.9. The van der Waals surface area contributed by atoms with Gasteiger partial charge in [0.15, 0.2) is 0 Å². The number of piperazine rings is 1. The summed E-state index contributed by atoms with van der Waals surface area (Å²) in [5.74, 6) is 0.169. The van der Waals surface area contributed by atoms with Gasteiger partial charge in [0.2, 0.25) is 5.91 Å². The molecule has 1 aliphatic rings. The van der Waals surface area contributed by atoms with Crippen molar-refractivity contribution < 1.29 is 4.79 Å². The standard InChI is InChI=1S/C14H21N3O/c1-16-9-10-17(14(18)13(16)11-15)8-7-12-5-3-2-4-6-12/h2-6,13H,7-11,15H2,1H3. The van der Waals surface area contributed by atoms with Gasteiger partial charge in [-0.15, -0.1) is 0 Å². The molecule has 2 rings (SSSR count). The third-order valence-electron chi connectivity index (χ3n) is 3.59. The fourth-order valence-corrected chi connectivity index (χ4v) is 2.36. The van der Waals surface area contributed by atoms with Crippen molar-refractivity contribution in [3.63, 3.8) is 0 Å². The summed E-state index contributed by atoms with van der Waals surface area (Å²) in [6.07, 6.45) is 0.910. The number of amides is 1. The number of nitrogens with two attached hydrogens (primary N) is 1. The van der Waals surface area contributed by atoms with E-state index in [1.807, 2.05) is 35.0 Å². The fourth-order valence-electron chi connectivity index (χ4n) is 2.36. The van der Waals surface area contributed by atoms with E-state index in [1.54, 1.807) is 0 Å². The van der Waals surface area contributed by atoms with Crippen LogP contribution in [0.3, 0.4) is 0 Å². The number of carbonyl (C=O) groups is 1. The molecular formula is C14H21N3O. The summed E-state index contributed by atoms with van der Waals surface area (Å²) in [7, 11) is 1.96. The quantitative estimate of drug-likeness (QED) is 0.834. The van der Waals surface area contributed by atoms with Crippen molar-refractivity contribution in [2.45, 2.75) is 12.5 Å². The van der Waals surface area contributed by atoms with Gasteiger partial charge in [-0.1, -0.05) is 30.3 Å². The van der Waals surface area contributed by atoms with Gasteiger partial charge in [-0.2, -0.15) is 0 Å². The van der Waals surface area contributed by atoms with Crippen molar-refractivity contribution in [2.24, 2.45) is 5.73 Å². The minimum Gasteiger partial charge on any atom is -0.340 e. The Morgan fingerprint density at radius 3 is 2.67 bits per heavy atom. The Balaban J connectivity index is 1.92. The molecule has 1 heterocycles. The van der Waals surface area contributed by atoms with E-state index in [0.717, 1.165) is 26.1 Å². The number of hydrogen-bond donors (Lipinski definition) is 1. The molecule has 1 amide bonds. The molecule has 4 nitrogen and oxygen atoms in total. The number of rotatable bonds is 4. The van der Waals surface area contributed by atoms with Crippen LogP contribution in [0, 0.1) is 0 Å². The second-order valence-corrected chi connectivity index (χ2v) is 4.79. The molecule has 2 N–H and O–H groups in total. The van der Waals surface area contributed by atoms with Crippen molar-refractivity contribution in [3.05, 3.63) is 35.9 Å². The van der Waals surface area contributed by atoms with Gasteiger partial charge in [0.1, 0.15) is 6.04 Å². The molecule has 4 heteroatoms. The number of hydrogen-bond acceptors (Lipinski definition) is 3. The van der Waals surface area contributed by atoms with Crippen LogP contribution in [-0.2, 0) is 11.2 Å². The molecule has 1 aliphatic heterocycles. The van der Waals surface area contributed by atoms with Crippen molar-refractivity contribution >= 4 is 5.91 Å². The van der Waals surface area contributed by atoms with Crippen LogP contribution in [-0.4, -0.2) is 55.0 Å². The van der Waals surface area contributed by atoms with E-state index in [-0.39, 0.29) is 11.9 Å². The van der Waals surface area contributed by atoms with Gasteiger partial charge in [-0.25, -0.2) is 0 Å². The molecule has 0 aliphatic carbocycles. The van der Waals surface area contributed by atoms with Crippen LogP contribution in [0.4, 0.5) is 0 Å². The molecule has 1 saturated heterocycles. The summed E-state index contributed by atoms with van der Waals surface area (Å²) in [6.45, 7) is 2.89. The number of nitrogens with zero attached hydrogens (tertiary/aromatic N) is 2. The average molecular weight is 247 g/mol. The van der Waals surface area contributed by atoms with Crippen LogP contribution >= 0.6 is 0 Å². The smallest absolute Gasteiger partial charge is 0.241 e. The predicted octanol–water partition coefficient (Wildman–Crippen LogP) is 0.330. The lowest BCUT2D eigenvalue weighted by molar-refractivity contribution is -0.140. The third kappa shape index (κ3) is 2.89. The van der Waals surface area contributed by atoms with Crippen molar-refractivity contribution in [3.8, 4) is 0 Å². The van der Waals surface area contributed by atoms with Gasteiger partial charge < -0.3 is 10.6 Å². The van der Waals surface area contributed by atoms with E-state index in [0.29, 0.717) is 6.54 Å². The Bertz CT molecular complexity index is 393. The molecule has 1 atom stereocenters. The van der Waals surface area contributed by atoms with Crippen molar-refractivity contribution in [1.29, 1.82) is 0 Å². The molecule has 1 unspecified atom stereocenters. The first kappa shape index (κ1) is 13.1. The number of likely N-dealkylation sites (N-methyl/N-ethyl adjacent to an activating group) is 1. The minimum absolute atomic E-state index is 0.144. The van der Waals surface area contributed by atoms with Crippen LogP contribution in [0.15, 0.2) is 30.3 Å². The van der Waals surface area contributed by atoms with Crippen LogP contribution in [0.2, 0.25) is 0 Å². The molecule has 0 saturated carbocycles. The molecule has 0 aromatic heterocycles. The molecule has 1 aromatic rings. The first-order valence-corrected chi connectivity index (χ1v) is 6.45. The first-order chi connectivity index (χ1) is 8.72. The number of benzene rings is 1. The van der Waals surface area contributed by atoms with E-state index < -0.39 is 0 Å². The normalized spacial score (nSPS) is 21.3. The monoisotopic (exact) mass is 247 g/mol.